The lowest BCUT2D eigenvalue weighted by Crippen LogP contribution is -2.46. The monoisotopic (exact) mass is 436 g/mol. The molecule has 3 rings (SSSR count). The molecule has 1 aliphatic heterocycles. The van der Waals surface area contributed by atoms with Crippen LogP contribution >= 0.6 is 0 Å². The van der Waals surface area contributed by atoms with Crippen LogP contribution in [0.5, 0.6) is 5.75 Å². The number of halogens is 2. The van der Waals surface area contributed by atoms with Gasteiger partial charge < -0.3 is 24.1 Å². The summed E-state index contributed by atoms with van der Waals surface area (Å²) >= 11 is 0. The molecule has 1 unspecified atom stereocenters. The van der Waals surface area contributed by atoms with Crippen LogP contribution < -0.4 is 10.1 Å². The zero-order chi connectivity index (χ0) is 22.2. The molecular formula is C22H30F2N4O3. The van der Waals surface area contributed by atoms with E-state index < -0.39 is 6.61 Å². The van der Waals surface area contributed by atoms with Gasteiger partial charge in [-0.3, -0.25) is 9.89 Å². The van der Waals surface area contributed by atoms with E-state index in [-0.39, 0.29) is 11.8 Å². The molecule has 170 valence electrons. The quantitative estimate of drug-likeness (QED) is 0.506. The van der Waals surface area contributed by atoms with Crippen LogP contribution in [0.25, 0.3) is 0 Å². The summed E-state index contributed by atoms with van der Waals surface area (Å²) in [4.78, 5) is 8.72. The van der Waals surface area contributed by atoms with Crippen molar-refractivity contribution in [3.63, 3.8) is 0 Å². The third kappa shape index (κ3) is 6.67. The van der Waals surface area contributed by atoms with Crippen molar-refractivity contribution in [2.75, 3.05) is 46.9 Å². The van der Waals surface area contributed by atoms with Crippen molar-refractivity contribution in [2.24, 2.45) is 4.99 Å². The lowest BCUT2D eigenvalue weighted by atomic mass is 10.1. The van der Waals surface area contributed by atoms with Gasteiger partial charge in [-0.05, 0) is 36.8 Å². The Labute approximate surface area is 181 Å². The van der Waals surface area contributed by atoms with Gasteiger partial charge >= 0.3 is 6.61 Å². The van der Waals surface area contributed by atoms with Gasteiger partial charge in [0, 0.05) is 40.3 Å². The molecule has 9 heteroatoms. The SMILES string of the molecule is CN=C(NCC(c1ccc(C)o1)N1CCOCC1)N(C)Cc1ccc(OC(F)F)cc1. The van der Waals surface area contributed by atoms with Crippen LogP contribution in [0.1, 0.15) is 23.1 Å². The van der Waals surface area contributed by atoms with Crippen LogP contribution in [0.3, 0.4) is 0 Å². The van der Waals surface area contributed by atoms with E-state index in [1.807, 2.05) is 31.0 Å². The highest BCUT2D eigenvalue weighted by atomic mass is 19.3. The first kappa shape index (κ1) is 23.0. The zero-order valence-electron chi connectivity index (χ0n) is 18.2. The number of nitrogens with zero attached hydrogens (tertiary/aromatic N) is 3. The summed E-state index contributed by atoms with van der Waals surface area (Å²) in [7, 11) is 3.67. The maximum Gasteiger partial charge on any atom is 0.387 e. The second kappa shape index (κ2) is 11.1. The Morgan fingerprint density at radius 2 is 1.90 bits per heavy atom. The molecule has 0 radical (unpaired) electrons. The molecule has 0 aliphatic carbocycles. The van der Waals surface area contributed by atoms with E-state index in [0.717, 1.165) is 36.1 Å². The van der Waals surface area contributed by atoms with Gasteiger partial charge in [0.25, 0.3) is 0 Å². The lowest BCUT2D eigenvalue weighted by Gasteiger charge is -2.34. The first-order valence-electron chi connectivity index (χ1n) is 10.3. The third-order valence-corrected chi connectivity index (χ3v) is 5.17. The Kier molecular flexibility index (Phi) is 8.25. The number of furan rings is 1. The Morgan fingerprint density at radius 3 is 2.48 bits per heavy atom. The topological polar surface area (TPSA) is 62.5 Å². The van der Waals surface area contributed by atoms with Gasteiger partial charge in [-0.1, -0.05) is 12.1 Å². The largest absolute Gasteiger partial charge is 0.465 e. The standard InChI is InChI=1S/C22H30F2N4O3/c1-16-4-9-20(30-16)19(28-10-12-29-13-11-28)14-26-22(25-2)27(3)15-17-5-7-18(8-6-17)31-21(23)24/h4-9,19,21H,10-15H2,1-3H3,(H,25,26). The van der Waals surface area contributed by atoms with Gasteiger partial charge in [-0.15, -0.1) is 0 Å². The van der Waals surface area contributed by atoms with Gasteiger partial charge in [0.05, 0.1) is 19.3 Å². The van der Waals surface area contributed by atoms with E-state index in [2.05, 4.69) is 19.9 Å². The molecule has 1 aromatic carbocycles. The summed E-state index contributed by atoms with van der Waals surface area (Å²) < 4.78 is 40.5. The number of ether oxygens (including phenoxy) is 2. The Hall–Kier alpha value is -2.65. The van der Waals surface area contributed by atoms with Crippen LogP contribution in [0.4, 0.5) is 8.78 Å². The number of morpholine rings is 1. The summed E-state index contributed by atoms with van der Waals surface area (Å²) in [5.41, 5.74) is 0.957. The number of rotatable bonds is 8. The number of alkyl halides is 2. The molecule has 0 saturated carbocycles. The highest BCUT2D eigenvalue weighted by molar-refractivity contribution is 5.79. The average Bonchev–Trinajstić information content (AvgIpc) is 3.18. The van der Waals surface area contributed by atoms with Crippen molar-refractivity contribution < 1.29 is 22.7 Å². The number of hydrogen-bond donors (Lipinski definition) is 1. The fourth-order valence-corrected chi connectivity index (χ4v) is 3.63. The highest BCUT2D eigenvalue weighted by Crippen LogP contribution is 2.23. The molecule has 1 aromatic heterocycles. The summed E-state index contributed by atoms with van der Waals surface area (Å²) in [5.74, 6) is 2.68. The molecule has 2 aromatic rings. The predicted molar refractivity (Wildman–Crippen MR) is 114 cm³/mol. The molecule has 1 N–H and O–H groups in total. The van der Waals surface area contributed by atoms with E-state index in [1.165, 1.54) is 0 Å². The average molecular weight is 437 g/mol. The summed E-state index contributed by atoms with van der Waals surface area (Å²) in [6, 6.07) is 10.7. The van der Waals surface area contributed by atoms with Crippen molar-refractivity contribution in [3.8, 4) is 5.75 Å². The van der Waals surface area contributed by atoms with Crippen molar-refractivity contribution in [1.29, 1.82) is 0 Å². The smallest absolute Gasteiger partial charge is 0.387 e. The summed E-state index contributed by atoms with van der Waals surface area (Å²) in [6.45, 7) is 3.40. The molecule has 2 heterocycles. The van der Waals surface area contributed by atoms with Crippen molar-refractivity contribution in [2.45, 2.75) is 26.1 Å². The van der Waals surface area contributed by atoms with Crippen LogP contribution in [0.2, 0.25) is 0 Å². The van der Waals surface area contributed by atoms with Crippen LogP contribution in [-0.4, -0.2) is 69.3 Å². The molecule has 31 heavy (non-hydrogen) atoms. The van der Waals surface area contributed by atoms with Crippen LogP contribution in [0, 0.1) is 6.92 Å². The number of aliphatic imine (C=N–C) groups is 1. The first-order chi connectivity index (χ1) is 15.0. The number of nitrogens with one attached hydrogen (secondary N) is 1. The second-order valence-corrected chi connectivity index (χ2v) is 7.42. The minimum atomic E-state index is -2.83. The fraction of sp³-hybridized carbons (Fsp3) is 0.500. The molecule has 1 fully saturated rings. The highest BCUT2D eigenvalue weighted by Gasteiger charge is 2.25. The molecule has 1 aliphatic rings. The third-order valence-electron chi connectivity index (χ3n) is 5.17. The molecule has 0 bridgehead atoms. The molecule has 0 spiro atoms. The Morgan fingerprint density at radius 1 is 1.19 bits per heavy atom. The van der Waals surface area contributed by atoms with Gasteiger partial charge in [0.15, 0.2) is 5.96 Å². The molecule has 7 nitrogen and oxygen atoms in total. The van der Waals surface area contributed by atoms with Crippen LogP contribution in [0.15, 0.2) is 45.8 Å². The van der Waals surface area contributed by atoms with Gasteiger partial charge in [-0.25, -0.2) is 0 Å². The number of hydrogen-bond acceptors (Lipinski definition) is 5. The van der Waals surface area contributed by atoms with E-state index in [4.69, 9.17) is 9.15 Å². The van der Waals surface area contributed by atoms with Crippen molar-refractivity contribution in [3.05, 3.63) is 53.5 Å². The van der Waals surface area contributed by atoms with E-state index in [1.54, 1.807) is 31.3 Å². The number of guanidine groups is 1. The second-order valence-electron chi connectivity index (χ2n) is 7.42. The van der Waals surface area contributed by atoms with Gasteiger partial charge in [0.2, 0.25) is 0 Å². The summed E-state index contributed by atoms with van der Waals surface area (Å²) in [5, 5.41) is 3.44. The van der Waals surface area contributed by atoms with Gasteiger partial charge in [-0.2, -0.15) is 8.78 Å². The Balaban J connectivity index is 1.61. The lowest BCUT2D eigenvalue weighted by molar-refractivity contribution is -0.0498. The molecule has 1 atom stereocenters. The maximum absolute atomic E-state index is 12.3. The van der Waals surface area contributed by atoms with Gasteiger partial charge in [0.1, 0.15) is 17.3 Å². The Bertz CT molecular complexity index is 836. The van der Waals surface area contributed by atoms with E-state index in [9.17, 15) is 8.78 Å². The number of aryl methyl sites for hydroxylation is 1. The van der Waals surface area contributed by atoms with Crippen molar-refractivity contribution >= 4 is 5.96 Å². The first-order valence-corrected chi connectivity index (χ1v) is 10.3. The zero-order valence-corrected chi connectivity index (χ0v) is 18.2. The minimum absolute atomic E-state index is 0.0635. The minimum Gasteiger partial charge on any atom is -0.465 e. The van der Waals surface area contributed by atoms with E-state index >= 15 is 0 Å². The molecular weight excluding hydrogens is 406 g/mol. The fourth-order valence-electron chi connectivity index (χ4n) is 3.63. The summed E-state index contributed by atoms with van der Waals surface area (Å²) in [6.07, 6.45) is 0. The van der Waals surface area contributed by atoms with Crippen LogP contribution in [-0.2, 0) is 11.3 Å². The molecule has 0 amide bonds. The maximum atomic E-state index is 12.3. The predicted octanol–water partition coefficient (Wildman–Crippen LogP) is 3.27. The van der Waals surface area contributed by atoms with E-state index in [0.29, 0.717) is 26.3 Å². The normalized spacial score (nSPS) is 16.4. The molecule has 1 saturated heterocycles. The number of benzene rings is 1. The van der Waals surface area contributed by atoms with Crippen molar-refractivity contribution in [1.82, 2.24) is 15.1 Å².